The van der Waals surface area contributed by atoms with Crippen LogP contribution in [0.5, 0.6) is 0 Å². The molecule has 146 valence electrons. The van der Waals surface area contributed by atoms with Gasteiger partial charge in [0.2, 0.25) is 0 Å². The summed E-state index contributed by atoms with van der Waals surface area (Å²) < 4.78 is 10.9. The summed E-state index contributed by atoms with van der Waals surface area (Å²) in [5, 5.41) is 3.32. The highest BCUT2D eigenvalue weighted by Crippen LogP contribution is 2.16. The van der Waals surface area contributed by atoms with Crippen LogP contribution in [0.1, 0.15) is 54.4 Å². The zero-order valence-electron chi connectivity index (χ0n) is 16.8. The Balaban J connectivity index is 2.69. The van der Waals surface area contributed by atoms with Crippen molar-refractivity contribution in [3.05, 3.63) is 0 Å². The Morgan fingerprint density at radius 2 is 1.56 bits per heavy atom. The molecule has 0 bridgehead atoms. The number of carbonyl (C=O) groups is 2. The van der Waals surface area contributed by atoms with Gasteiger partial charge >= 0.3 is 12.2 Å². The Morgan fingerprint density at radius 1 is 1.00 bits per heavy atom. The van der Waals surface area contributed by atoms with Crippen LogP contribution in [0.25, 0.3) is 0 Å². The molecule has 2 amide bonds. The van der Waals surface area contributed by atoms with E-state index < -0.39 is 17.3 Å². The Hall–Kier alpha value is -1.50. The largest absolute Gasteiger partial charge is 0.444 e. The molecule has 1 saturated heterocycles. The molecule has 0 aliphatic carbocycles. The highest BCUT2D eigenvalue weighted by atomic mass is 16.6. The second kappa shape index (κ2) is 8.74. The molecule has 1 atom stereocenters. The van der Waals surface area contributed by atoms with Gasteiger partial charge in [0.1, 0.15) is 11.2 Å². The standard InChI is InChI=1S/C18H35N3O4/c1-17(2,3)24-15(22)20(7)11-12-21(14-9-8-10-19-13-14)16(23)25-18(4,5)6/h14,19H,8-13H2,1-7H3/t14-/m0/s1. The number of piperidine rings is 1. The van der Waals surface area contributed by atoms with E-state index in [-0.39, 0.29) is 12.1 Å². The van der Waals surface area contributed by atoms with Crippen molar-refractivity contribution in [1.82, 2.24) is 15.1 Å². The van der Waals surface area contributed by atoms with E-state index in [9.17, 15) is 9.59 Å². The maximum atomic E-state index is 12.6. The predicted octanol–water partition coefficient (Wildman–Crippen LogP) is 2.84. The molecule has 1 heterocycles. The minimum Gasteiger partial charge on any atom is -0.444 e. The normalized spacial score (nSPS) is 18.4. The van der Waals surface area contributed by atoms with E-state index in [1.807, 2.05) is 41.5 Å². The molecule has 0 aromatic rings. The Labute approximate surface area is 152 Å². The summed E-state index contributed by atoms with van der Waals surface area (Å²) in [6.45, 7) is 13.6. The highest BCUT2D eigenvalue weighted by Gasteiger charge is 2.30. The SMILES string of the molecule is CN(CCN(C(=O)OC(C)(C)C)[C@H]1CCCNC1)C(=O)OC(C)(C)C. The van der Waals surface area contributed by atoms with Crippen LogP contribution < -0.4 is 5.32 Å². The topological polar surface area (TPSA) is 71.1 Å². The summed E-state index contributed by atoms with van der Waals surface area (Å²) in [5.74, 6) is 0. The van der Waals surface area contributed by atoms with Gasteiger partial charge in [-0.05, 0) is 60.9 Å². The number of amides is 2. The van der Waals surface area contributed by atoms with Gasteiger partial charge in [-0.2, -0.15) is 0 Å². The fraction of sp³-hybridized carbons (Fsp3) is 0.889. The second-order valence-corrected chi connectivity index (χ2v) is 8.58. The van der Waals surface area contributed by atoms with E-state index >= 15 is 0 Å². The van der Waals surface area contributed by atoms with Crippen molar-refractivity contribution < 1.29 is 19.1 Å². The highest BCUT2D eigenvalue weighted by molar-refractivity contribution is 5.69. The van der Waals surface area contributed by atoms with E-state index in [1.165, 1.54) is 4.90 Å². The van der Waals surface area contributed by atoms with Crippen molar-refractivity contribution in [2.24, 2.45) is 0 Å². The van der Waals surface area contributed by atoms with Gasteiger partial charge in [0.15, 0.2) is 0 Å². The number of nitrogens with zero attached hydrogens (tertiary/aromatic N) is 2. The molecule has 25 heavy (non-hydrogen) atoms. The minimum absolute atomic E-state index is 0.0793. The van der Waals surface area contributed by atoms with Crippen LogP contribution in [0.4, 0.5) is 9.59 Å². The molecular weight excluding hydrogens is 322 g/mol. The quantitative estimate of drug-likeness (QED) is 0.838. The summed E-state index contributed by atoms with van der Waals surface area (Å²) in [7, 11) is 1.68. The summed E-state index contributed by atoms with van der Waals surface area (Å²) in [6, 6.07) is 0.0793. The molecule has 1 rings (SSSR count). The van der Waals surface area contributed by atoms with Gasteiger partial charge in [-0.15, -0.1) is 0 Å². The third-order valence-electron chi connectivity index (χ3n) is 3.72. The fourth-order valence-electron chi connectivity index (χ4n) is 2.53. The lowest BCUT2D eigenvalue weighted by molar-refractivity contribution is 0.00710. The summed E-state index contributed by atoms with van der Waals surface area (Å²) >= 11 is 0. The fourth-order valence-corrected chi connectivity index (χ4v) is 2.53. The van der Waals surface area contributed by atoms with Gasteiger partial charge in [0.25, 0.3) is 0 Å². The maximum absolute atomic E-state index is 12.6. The van der Waals surface area contributed by atoms with Crippen molar-refractivity contribution in [2.75, 3.05) is 33.2 Å². The molecule has 0 unspecified atom stereocenters. The molecule has 1 N–H and O–H groups in total. The lowest BCUT2D eigenvalue weighted by Crippen LogP contribution is -2.52. The van der Waals surface area contributed by atoms with E-state index in [0.29, 0.717) is 13.1 Å². The van der Waals surface area contributed by atoms with Crippen molar-refractivity contribution >= 4 is 12.2 Å². The molecule has 7 nitrogen and oxygen atoms in total. The third kappa shape index (κ3) is 8.43. The third-order valence-corrected chi connectivity index (χ3v) is 3.72. The van der Waals surface area contributed by atoms with Crippen LogP contribution in [0.15, 0.2) is 0 Å². The zero-order chi connectivity index (χ0) is 19.3. The Kier molecular flexibility index (Phi) is 7.53. The molecule has 0 spiro atoms. The van der Waals surface area contributed by atoms with E-state index in [4.69, 9.17) is 9.47 Å². The van der Waals surface area contributed by atoms with Crippen molar-refractivity contribution in [3.8, 4) is 0 Å². The first-order valence-corrected chi connectivity index (χ1v) is 9.03. The van der Waals surface area contributed by atoms with Gasteiger partial charge in [-0.1, -0.05) is 0 Å². The van der Waals surface area contributed by atoms with Crippen LogP contribution >= 0.6 is 0 Å². The minimum atomic E-state index is -0.547. The van der Waals surface area contributed by atoms with Crippen LogP contribution in [0, 0.1) is 0 Å². The number of nitrogens with one attached hydrogen (secondary N) is 1. The number of hydrogen-bond acceptors (Lipinski definition) is 5. The van der Waals surface area contributed by atoms with Crippen molar-refractivity contribution in [3.63, 3.8) is 0 Å². The Morgan fingerprint density at radius 3 is 2.04 bits per heavy atom. The van der Waals surface area contributed by atoms with E-state index in [1.54, 1.807) is 11.9 Å². The smallest absolute Gasteiger partial charge is 0.410 e. The number of carbonyl (C=O) groups excluding carboxylic acids is 2. The predicted molar refractivity (Wildman–Crippen MR) is 97.7 cm³/mol. The van der Waals surface area contributed by atoms with Crippen molar-refractivity contribution in [1.29, 1.82) is 0 Å². The molecule has 7 heteroatoms. The molecule has 1 fully saturated rings. The average molecular weight is 357 g/mol. The molecule has 1 aliphatic rings. The van der Waals surface area contributed by atoms with Crippen LogP contribution in [-0.2, 0) is 9.47 Å². The average Bonchev–Trinajstić information content (AvgIpc) is 2.44. The zero-order valence-corrected chi connectivity index (χ0v) is 16.8. The van der Waals surface area contributed by atoms with Crippen molar-refractivity contribution in [2.45, 2.75) is 71.6 Å². The summed E-state index contributed by atoms with van der Waals surface area (Å²) in [6.07, 6.45) is 1.23. The van der Waals surface area contributed by atoms with Gasteiger partial charge < -0.3 is 24.6 Å². The van der Waals surface area contributed by atoms with Crippen LogP contribution in [0.3, 0.4) is 0 Å². The number of rotatable bonds is 4. The monoisotopic (exact) mass is 357 g/mol. The first-order chi connectivity index (χ1) is 11.4. The van der Waals surface area contributed by atoms with Gasteiger partial charge in [0.05, 0.1) is 0 Å². The number of hydrogen-bond donors (Lipinski definition) is 1. The Bertz CT molecular complexity index is 448. The first-order valence-electron chi connectivity index (χ1n) is 9.03. The lowest BCUT2D eigenvalue weighted by atomic mass is 10.1. The van der Waals surface area contributed by atoms with Gasteiger partial charge in [-0.25, -0.2) is 9.59 Å². The number of ether oxygens (including phenoxy) is 2. The van der Waals surface area contributed by atoms with Crippen LogP contribution in [0.2, 0.25) is 0 Å². The maximum Gasteiger partial charge on any atom is 0.410 e. The summed E-state index contributed by atoms with van der Waals surface area (Å²) in [4.78, 5) is 27.9. The molecular formula is C18H35N3O4. The first kappa shape index (κ1) is 21.5. The van der Waals surface area contributed by atoms with Gasteiger partial charge in [-0.3, -0.25) is 0 Å². The second-order valence-electron chi connectivity index (χ2n) is 8.58. The molecule has 0 aromatic heterocycles. The molecule has 0 aromatic carbocycles. The van der Waals surface area contributed by atoms with E-state index in [0.717, 1.165) is 25.9 Å². The van der Waals surface area contributed by atoms with E-state index in [2.05, 4.69) is 5.32 Å². The molecule has 1 aliphatic heterocycles. The number of likely N-dealkylation sites (N-methyl/N-ethyl adjacent to an activating group) is 1. The van der Waals surface area contributed by atoms with Crippen LogP contribution in [-0.4, -0.2) is 72.5 Å². The molecule has 0 radical (unpaired) electrons. The molecule has 0 saturated carbocycles. The summed E-state index contributed by atoms with van der Waals surface area (Å²) in [5.41, 5.74) is -1.09. The lowest BCUT2D eigenvalue weighted by Gasteiger charge is -2.36. The van der Waals surface area contributed by atoms with Gasteiger partial charge in [0, 0.05) is 32.7 Å².